The van der Waals surface area contributed by atoms with Gasteiger partial charge >= 0.3 is 6.03 Å². The van der Waals surface area contributed by atoms with Crippen LogP contribution in [0.25, 0.3) is 0 Å². The van der Waals surface area contributed by atoms with Gasteiger partial charge in [0.15, 0.2) is 11.6 Å². The van der Waals surface area contributed by atoms with Crippen molar-refractivity contribution in [2.45, 2.75) is 0 Å². The van der Waals surface area contributed by atoms with E-state index in [2.05, 4.69) is 10.6 Å². The predicted octanol–water partition coefficient (Wildman–Crippen LogP) is 3.62. The third-order valence-electron chi connectivity index (χ3n) is 2.51. The number of carbonyl (C=O) groups excluding carboxylic acids is 1. The Bertz CT molecular complexity index is 632. The van der Waals surface area contributed by atoms with Crippen molar-refractivity contribution in [2.24, 2.45) is 0 Å². The molecule has 2 N–H and O–H groups in total. The summed E-state index contributed by atoms with van der Waals surface area (Å²) in [4.78, 5) is 11.7. The zero-order valence-corrected chi connectivity index (χ0v) is 10.6. The van der Waals surface area contributed by atoms with E-state index in [1.165, 1.54) is 13.2 Å². The van der Waals surface area contributed by atoms with E-state index in [0.717, 1.165) is 12.1 Å². The minimum atomic E-state index is -1.02. The molecule has 2 amide bonds. The predicted molar refractivity (Wildman–Crippen MR) is 72.0 cm³/mol. The minimum Gasteiger partial charge on any atom is -0.497 e. The fourth-order valence-electron chi connectivity index (χ4n) is 1.57. The number of benzene rings is 2. The minimum absolute atomic E-state index is 0.157. The van der Waals surface area contributed by atoms with Crippen molar-refractivity contribution in [3.8, 4) is 5.75 Å². The number of hydrogen-bond donors (Lipinski definition) is 2. The van der Waals surface area contributed by atoms with Crippen LogP contribution in [0.15, 0.2) is 42.5 Å². The Kier molecular flexibility index (Phi) is 4.14. The Morgan fingerprint density at radius 1 is 1.00 bits per heavy atom. The number of halogens is 2. The van der Waals surface area contributed by atoms with E-state index in [4.69, 9.17) is 4.74 Å². The van der Waals surface area contributed by atoms with E-state index < -0.39 is 17.7 Å². The summed E-state index contributed by atoms with van der Waals surface area (Å²) in [7, 11) is 1.51. The van der Waals surface area contributed by atoms with Crippen molar-refractivity contribution < 1.29 is 18.3 Å². The molecule has 0 bridgehead atoms. The second-order valence-electron chi connectivity index (χ2n) is 3.94. The van der Waals surface area contributed by atoms with Gasteiger partial charge in [0.1, 0.15) is 5.75 Å². The Balaban J connectivity index is 2.03. The molecule has 20 heavy (non-hydrogen) atoms. The van der Waals surface area contributed by atoms with Crippen LogP contribution in [0, 0.1) is 11.6 Å². The van der Waals surface area contributed by atoms with Crippen LogP contribution >= 0.6 is 0 Å². The van der Waals surface area contributed by atoms with Crippen molar-refractivity contribution >= 4 is 17.4 Å². The maximum atomic E-state index is 13.0. The Morgan fingerprint density at radius 3 is 2.35 bits per heavy atom. The van der Waals surface area contributed by atoms with E-state index in [9.17, 15) is 13.6 Å². The fraction of sp³-hybridized carbons (Fsp3) is 0.0714. The molecule has 0 aliphatic carbocycles. The number of anilines is 2. The van der Waals surface area contributed by atoms with E-state index in [0.29, 0.717) is 11.4 Å². The lowest BCUT2D eigenvalue weighted by Crippen LogP contribution is -2.19. The number of hydrogen-bond acceptors (Lipinski definition) is 2. The smallest absolute Gasteiger partial charge is 0.323 e. The second-order valence-corrected chi connectivity index (χ2v) is 3.94. The first-order valence-electron chi connectivity index (χ1n) is 5.75. The molecule has 0 atom stereocenters. The van der Waals surface area contributed by atoms with E-state index in [1.807, 2.05) is 0 Å². The number of urea groups is 1. The Morgan fingerprint density at radius 2 is 1.70 bits per heavy atom. The monoisotopic (exact) mass is 278 g/mol. The molecule has 0 heterocycles. The molecule has 0 aliphatic heterocycles. The highest BCUT2D eigenvalue weighted by Gasteiger charge is 2.06. The molecule has 0 radical (unpaired) electrons. The van der Waals surface area contributed by atoms with Crippen molar-refractivity contribution in [2.75, 3.05) is 17.7 Å². The fourth-order valence-corrected chi connectivity index (χ4v) is 1.57. The lowest BCUT2D eigenvalue weighted by atomic mass is 10.3. The van der Waals surface area contributed by atoms with Gasteiger partial charge in [0.05, 0.1) is 7.11 Å². The maximum Gasteiger partial charge on any atom is 0.323 e. The molecular weight excluding hydrogens is 266 g/mol. The molecule has 2 aromatic carbocycles. The van der Waals surface area contributed by atoms with Crippen LogP contribution in [0.2, 0.25) is 0 Å². The molecule has 0 aliphatic rings. The molecule has 0 aromatic heterocycles. The number of rotatable bonds is 3. The molecule has 0 unspecified atom stereocenters. The van der Waals surface area contributed by atoms with Crippen LogP contribution in [-0.4, -0.2) is 13.1 Å². The summed E-state index contributed by atoms with van der Waals surface area (Å²) in [6.45, 7) is 0. The quantitative estimate of drug-likeness (QED) is 0.901. The van der Waals surface area contributed by atoms with Crippen LogP contribution in [-0.2, 0) is 0 Å². The first kappa shape index (κ1) is 13.8. The third-order valence-corrected chi connectivity index (χ3v) is 2.51. The van der Waals surface area contributed by atoms with Gasteiger partial charge in [-0.25, -0.2) is 13.6 Å². The van der Waals surface area contributed by atoms with Crippen LogP contribution < -0.4 is 15.4 Å². The molecule has 104 valence electrons. The summed E-state index contributed by atoms with van der Waals surface area (Å²) >= 11 is 0. The molecule has 0 spiro atoms. The van der Waals surface area contributed by atoms with Gasteiger partial charge in [0, 0.05) is 23.5 Å². The zero-order chi connectivity index (χ0) is 14.5. The van der Waals surface area contributed by atoms with Crippen molar-refractivity contribution in [3.63, 3.8) is 0 Å². The molecule has 0 saturated carbocycles. The largest absolute Gasteiger partial charge is 0.497 e. The number of nitrogens with one attached hydrogen (secondary N) is 2. The summed E-state index contributed by atoms with van der Waals surface area (Å²) in [5, 5.41) is 4.95. The average molecular weight is 278 g/mol. The van der Waals surface area contributed by atoms with Crippen LogP contribution in [0.3, 0.4) is 0 Å². The summed E-state index contributed by atoms with van der Waals surface area (Å²) < 4.78 is 30.8. The molecule has 0 saturated heterocycles. The van der Waals surface area contributed by atoms with Crippen LogP contribution in [0.4, 0.5) is 25.0 Å². The Hall–Kier alpha value is -2.63. The average Bonchev–Trinajstić information content (AvgIpc) is 2.43. The van der Waals surface area contributed by atoms with Gasteiger partial charge in [-0.1, -0.05) is 6.07 Å². The van der Waals surface area contributed by atoms with Gasteiger partial charge in [-0.2, -0.15) is 0 Å². The van der Waals surface area contributed by atoms with Gasteiger partial charge in [-0.05, 0) is 24.3 Å². The molecule has 6 heteroatoms. The number of amides is 2. The lowest BCUT2D eigenvalue weighted by molar-refractivity contribution is 0.262. The summed E-state index contributed by atoms with van der Waals surface area (Å²) in [5.41, 5.74) is 0.675. The normalized spacial score (nSPS) is 9.95. The zero-order valence-electron chi connectivity index (χ0n) is 10.6. The van der Waals surface area contributed by atoms with E-state index in [-0.39, 0.29) is 5.69 Å². The molecule has 2 aromatic rings. The third kappa shape index (κ3) is 3.44. The van der Waals surface area contributed by atoms with Crippen molar-refractivity contribution in [1.29, 1.82) is 0 Å². The SMILES string of the molecule is COc1cccc(NC(=O)Nc2ccc(F)c(F)c2)c1. The number of methoxy groups -OCH3 is 1. The molecular formula is C14H12F2N2O2. The lowest BCUT2D eigenvalue weighted by Gasteiger charge is -2.09. The highest BCUT2D eigenvalue weighted by molar-refractivity contribution is 5.99. The first-order chi connectivity index (χ1) is 9.58. The van der Waals surface area contributed by atoms with Gasteiger partial charge in [0.2, 0.25) is 0 Å². The van der Waals surface area contributed by atoms with Gasteiger partial charge < -0.3 is 15.4 Å². The van der Waals surface area contributed by atoms with Crippen molar-refractivity contribution in [3.05, 3.63) is 54.1 Å². The number of carbonyl (C=O) groups is 1. The van der Waals surface area contributed by atoms with Crippen molar-refractivity contribution in [1.82, 2.24) is 0 Å². The molecule has 4 nitrogen and oxygen atoms in total. The topological polar surface area (TPSA) is 50.4 Å². The Labute approximate surface area is 114 Å². The van der Waals surface area contributed by atoms with Crippen LogP contribution in [0.1, 0.15) is 0 Å². The standard InChI is InChI=1S/C14H12F2N2O2/c1-20-11-4-2-3-9(7-11)17-14(19)18-10-5-6-12(15)13(16)8-10/h2-8H,1H3,(H2,17,18,19). The number of ether oxygens (including phenoxy) is 1. The van der Waals surface area contributed by atoms with Gasteiger partial charge in [-0.3, -0.25) is 0 Å². The summed E-state index contributed by atoms with van der Waals surface area (Å²) in [5.74, 6) is -1.40. The highest BCUT2D eigenvalue weighted by Crippen LogP contribution is 2.17. The molecule has 0 fully saturated rings. The second kappa shape index (κ2) is 6.01. The van der Waals surface area contributed by atoms with Gasteiger partial charge in [0.25, 0.3) is 0 Å². The van der Waals surface area contributed by atoms with Crippen LogP contribution in [0.5, 0.6) is 5.75 Å². The highest BCUT2D eigenvalue weighted by atomic mass is 19.2. The summed E-state index contributed by atoms with van der Waals surface area (Å²) in [6, 6.07) is 9.30. The maximum absolute atomic E-state index is 13.0. The van der Waals surface area contributed by atoms with E-state index >= 15 is 0 Å². The first-order valence-corrected chi connectivity index (χ1v) is 5.75. The van der Waals surface area contributed by atoms with Gasteiger partial charge in [-0.15, -0.1) is 0 Å². The molecule has 2 rings (SSSR count). The summed E-state index contributed by atoms with van der Waals surface area (Å²) in [6.07, 6.45) is 0. The van der Waals surface area contributed by atoms with E-state index in [1.54, 1.807) is 24.3 Å².